The van der Waals surface area contributed by atoms with E-state index in [1.807, 2.05) is 25.1 Å². The van der Waals surface area contributed by atoms with Crippen LogP contribution in [0.2, 0.25) is 0 Å². The molecule has 0 bridgehead atoms. The van der Waals surface area contributed by atoms with Crippen molar-refractivity contribution in [2.45, 2.75) is 19.4 Å². The van der Waals surface area contributed by atoms with Gasteiger partial charge in [0, 0.05) is 12.0 Å². The van der Waals surface area contributed by atoms with E-state index in [-0.39, 0.29) is 11.6 Å². The second-order valence-electron chi connectivity index (χ2n) is 5.18. The zero-order valence-corrected chi connectivity index (χ0v) is 11.7. The van der Waals surface area contributed by atoms with Gasteiger partial charge >= 0.3 is 0 Å². The Morgan fingerprint density at radius 2 is 2.10 bits per heavy atom. The molecule has 1 N–H and O–H groups in total. The molecule has 108 valence electrons. The van der Waals surface area contributed by atoms with Gasteiger partial charge in [0.1, 0.15) is 11.6 Å². The maximum atomic E-state index is 13.7. The van der Waals surface area contributed by atoms with E-state index in [1.165, 1.54) is 12.1 Å². The normalized spacial score (nSPS) is 16.8. The quantitative estimate of drug-likeness (QED) is 0.918. The van der Waals surface area contributed by atoms with Crippen LogP contribution in [0.5, 0.6) is 5.75 Å². The molecule has 0 fully saturated rings. The number of amides is 1. The first-order valence-corrected chi connectivity index (χ1v) is 6.94. The third-order valence-electron chi connectivity index (χ3n) is 3.63. The van der Waals surface area contributed by atoms with Crippen molar-refractivity contribution in [1.82, 2.24) is 5.32 Å². The van der Waals surface area contributed by atoms with Gasteiger partial charge < -0.3 is 10.1 Å². The van der Waals surface area contributed by atoms with E-state index in [2.05, 4.69) is 5.32 Å². The number of carbonyl (C=O) groups excluding carboxylic acids is 1. The fourth-order valence-corrected chi connectivity index (χ4v) is 2.55. The number of nitrogens with one attached hydrogen (secondary N) is 1. The minimum absolute atomic E-state index is 0.0678. The van der Waals surface area contributed by atoms with E-state index >= 15 is 0 Å². The molecule has 1 heterocycles. The van der Waals surface area contributed by atoms with Gasteiger partial charge in [0.25, 0.3) is 5.91 Å². The van der Waals surface area contributed by atoms with Crippen LogP contribution in [0.25, 0.3) is 0 Å². The van der Waals surface area contributed by atoms with Crippen LogP contribution in [-0.4, -0.2) is 12.5 Å². The summed E-state index contributed by atoms with van der Waals surface area (Å²) in [5.74, 6) is -0.121. The maximum Gasteiger partial charge on any atom is 0.254 e. The van der Waals surface area contributed by atoms with Gasteiger partial charge in [-0.3, -0.25) is 4.79 Å². The third kappa shape index (κ3) is 2.75. The Hall–Kier alpha value is -2.36. The highest BCUT2D eigenvalue weighted by molar-refractivity contribution is 5.94. The van der Waals surface area contributed by atoms with Gasteiger partial charge in [0.15, 0.2) is 0 Å². The summed E-state index contributed by atoms with van der Waals surface area (Å²) in [6, 6.07) is 11.7. The van der Waals surface area contributed by atoms with Crippen LogP contribution in [0.15, 0.2) is 42.5 Å². The van der Waals surface area contributed by atoms with Gasteiger partial charge in [-0.25, -0.2) is 4.39 Å². The van der Waals surface area contributed by atoms with Crippen molar-refractivity contribution in [1.29, 1.82) is 0 Å². The molecule has 2 aromatic carbocycles. The Morgan fingerprint density at radius 3 is 2.90 bits per heavy atom. The first-order valence-electron chi connectivity index (χ1n) is 6.94. The largest absolute Gasteiger partial charge is 0.493 e. The number of halogens is 1. The summed E-state index contributed by atoms with van der Waals surface area (Å²) < 4.78 is 19.3. The fourth-order valence-electron chi connectivity index (χ4n) is 2.55. The highest BCUT2D eigenvalue weighted by atomic mass is 19.1. The van der Waals surface area contributed by atoms with E-state index in [0.717, 1.165) is 16.9 Å². The maximum absolute atomic E-state index is 13.7. The van der Waals surface area contributed by atoms with E-state index in [4.69, 9.17) is 4.74 Å². The van der Waals surface area contributed by atoms with Gasteiger partial charge in [0.2, 0.25) is 0 Å². The SMILES string of the molecule is Cc1ccc2c(c1)C(NC(=O)c1ccccc1F)CCO2. The van der Waals surface area contributed by atoms with Crippen LogP contribution in [0.4, 0.5) is 4.39 Å². The van der Waals surface area contributed by atoms with Gasteiger partial charge in [-0.15, -0.1) is 0 Å². The van der Waals surface area contributed by atoms with Crippen molar-refractivity contribution in [3.63, 3.8) is 0 Å². The van der Waals surface area contributed by atoms with Crippen LogP contribution in [-0.2, 0) is 0 Å². The second-order valence-corrected chi connectivity index (χ2v) is 5.18. The lowest BCUT2D eigenvalue weighted by Gasteiger charge is -2.27. The molecule has 3 rings (SSSR count). The van der Waals surface area contributed by atoms with Gasteiger partial charge in [-0.1, -0.05) is 29.8 Å². The van der Waals surface area contributed by atoms with E-state index < -0.39 is 11.7 Å². The lowest BCUT2D eigenvalue weighted by atomic mass is 9.98. The van der Waals surface area contributed by atoms with Gasteiger partial charge in [-0.2, -0.15) is 0 Å². The predicted octanol–water partition coefficient (Wildman–Crippen LogP) is 3.39. The standard InChI is InChI=1S/C17H16FNO2/c1-11-6-7-16-13(10-11)15(8-9-21-16)19-17(20)12-4-2-3-5-14(12)18/h2-7,10,15H,8-9H2,1H3,(H,19,20). The first-order chi connectivity index (χ1) is 10.1. The van der Waals surface area contributed by atoms with Gasteiger partial charge in [-0.05, 0) is 25.1 Å². The molecule has 4 heteroatoms. The molecule has 0 aromatic heterocycles. The number of benzene rings is 2. The van der Waals surface area contributed by atoms with E-state index in [9.17, 15) is 9.18 Å². The molecule has 0 spiro atoms. The van der Waals surface area contributed by atoms with Gasteiger partial charge in [0.05, 0.1) is 18.2 Å². The number of hydrogen-bond donors (Lipinski definition) is 1. The summed E-state index contributed by atoms with van der Waals surface area (Å²) in [7, 11) is 0. The van der Waals surface area contributed by atoms with Crippen molar-refractivity contribution < 1.29 is 13.9 Å². The number of ether oxygens (including phenoxy) is 1. The summed E-state index contributed by atoms with van der Waals surface area (Å²) in [5.41, 5.74) is 2.12. The number of fused-ring (bicyclic) bond motifs is 1. The summed E-state index contributed by atoms with van der Waals surface area (Å²) >= 11 is 0. The lowest BCUT2D eigenvalue weighted by molar-refractivity contribution is 0.0920. The summed E-state index contributed by atoms with van der Waals surface area (Å²) in [6.45, 7) is 2.53. The smallest absolute Gasteiger partial charge is 0.254 e. The summed E-state index contributed by atoms with van der Waals surface area (Å²) in [5, 5.41) is 2.90. The Morgan fingerprint density at radius 1 is 1.29 bits per heavy atom. The van der Waals surface area contributed by atoms with Crippen molar-refractivity contribution in [2.24, 2.45) is 0 Å². The minimum Gasteiger partial charge on any atom is -0.493 e. The van der Waals surface area contributed by atoms with Crippen molar-refractivity contribution in [2.75, 3.05) is 6.61 Å². The van der Waals surface area contributed by atoms with Crippen LogP contribution >= 0.6 is 0 Å². The molecule has 1 atom stereocenters. The number of aryl methyl sites for hydroxylation is 1. The molecular formula is C17H16FNO2. The predicted molar refractivity (Wildman–Crippen MR) is 77.9 cm³/mol. The number of carbonyl (C=O) groups is 1. The molecule has 0 radical (unpaired) electrons. The van der Waals surface area contributed by atoms with Crippen molar-refractivity contribution in [3.8, 4) is 5.75 Å². The molecule has 1 aliphatic rings. The van der Waals surface area contributed by atoms with Crippen molar-refractivity contribution >= 4 is 5.91 Å². The lowest BCUT2D eigenvalue weighted by Crippen LogP contribution is -2.32. The Labute approximate surface area is 122 Å². The minimum atomic E-state index is -0.508. The molecule has 0 saturated heterocycles. The van der Waals surface area contributed by atoms with Crippen LogP contribution in [0, 0.1) is 12.7 Å². The number of rotatable bonds is 2. The summed E-state index contributed by atoms with van der Waals surface area (Å²) in [4.78, 5) is 12.2. The van der Waals surface area contributed by atoms with Crippen LogP contribution in [0.1, 0.15) is 33.9 Å². The molecule has 21 heavy (non-hydrogen) atoms. The highest BCUT2D eigenvalue weighted by Gasteiger charge is 2.24. The van der Waals surface area contributed by atoms with E-state index in [0.29, 0.717) is 13.0 Å². The molecule has 0 saturated carbocycles. The molecule has 3 nitrogen and oxygen atoms in total. The highest BCUT2D eigenvalue weighted by Crippen LogP contribution is 2.32. The monoisotopic (exact) mass is 285 g/mol. The Kier molecular flexibility index (Phi) is 3.60. The molecular weight excluding hydrogens is 269 g/mol. The number of hydrogen-bond acceptors (Lipinski definition) is 2. The Balaban J connectivity index is 1.85. The van der Waals surface area contributed by atoms with E-state index in [1.54, 1.807) is 12.1 Å². The molecule has 1 unspecified atom stereocenters. The van der Waals surface area contributed by atoms with Crippen LogP contribution in [0.3, 0.4) is 0 Å². The average Bonchev–Trinajstić information content (AvgIpc) is 2.48. The van der Waals surface area contributed by atoms with Crippen molar-refractivity contribution in [3.05, 3.63) is 65.0 Å². The zero-order valence-electron chi connectivity index (χ0n) is 11.7. The first kappa shape index (κ1) is 13.6. The molecule has 1 amide bonds. The Bertz CT molecular complexity index is 684. The fraction of sp³-hybridized carbons (Fsp3) is 0.235. The molecule has 2 aromatic rings. The average molecular weight is 285 g/mol. The molecule has 1 aliphatic heterocycles. The topological polar surface area (TPSA) is 38.3 Å². The molecule has 0 aliphatic carbocycles. The summed E-state index contributed by atoms with van der Waals surface area (Å²) in [6.07, 6.45) is 0.677. The van der Waals surface area contributed by atoms with Crippen LogP contribution < -0.4 is 10.1 Å². The third-order valence-corrected chi connectivity index (χ3v) is 3.63. The second kappa shape index (κ2) is 5.56. The zero-order chi connectivity index (χ0) is 14.8.